The van der Waals surface area contributed by atoms with Crippen LogP contribution in [0.1, 0.15) is 19.8 Å². The molecule has 4 nitrogen and oxygen atoms in total. The molecule has 76 valence electrons. The number of nitrogens with one attached hydrogen (secondary N) is 1. The van der Waals surface area contributed by atoms with Gasteiger partial charge in [0.05, 0.1) is 0 Å². The summed E-state index contributed by atoms with van der Waals surface area (Å²) in [6, 6.07) is 0. The van der Waals surface area contributed by atoms with E-state index >= 15 is 0 Å². The van der Waals surface area contributed by atoms with Crippen LogP contribution in [-0.4, -0.2) is 35.9 Å². The zero-order chi connectivity index (χ0) is 10.1. The molecule has 0 spiro atoms. The molecule has 0 rings (SSSR count). The summed E-state index contributed by atoms with van der Waals surface area (Å²) in [6.45, 7) is 3.16. The molecule has 13 heavy (non-hydrogen) atoms. The lowest BCUT2D eigenvalue weighted by molar-refractivity contribution is -0.132. The predicted octanol–water partition coefficient (Wildman–Crippen LogP) is 0.379. The number of unbranched alkanes of at least 4 members (excludes halogenated alkanes) is 1. The Labute approximate surface area is 78.3 Å². The molecule has 0 aliphatic rings. The average Bonchev–Trinajstić information content (AvgIpc) is 2.10. The number of hydrogen-bond donors (Lipinski definition) is 3. The van der Waals surface area contributed by atoms with E-state index in [1.165, 1.54) is 0 Å². The van der Waals surface area contributed by atoms with E-state index in [9.17, 15) is 4.79 Å². The number of carboxylic acids is 1. The van der Waals surface area contributed by atoms with E-state index in [0.29, 0.717) is 12.1 Å². The quantitative estimate of drug-likeness (QED) is 0.398. The van der Waals surface area contributed by atoms with Crippen molar-refractivity contribution in [2.45, 2.75) is 19.8 Å². The van der Waals surface area contributed by atoms with Crippen molar-refractivity contribution in [1.82, 2.24) is 5.32 Å². The summed E-state index contributed by atoms with van der Waals surface area (Å²) < 4.78 is 0. The first-order valence-electron chi connectivity index (χ1n) is 4.40. The number of aliphatic hydroxyl groups is 1. The molecular formula is C9H17NO3. The van der Waals surface area contributed by atoms with E-state index in [2.05, 4.69) is 5.32 Å². The molecule has 0 aromatic rings. The van der Waals surface area contributed by atoms with Crippen LogP contribution in [0.25, 0.3) is 0 Å². The lowest BCUT2D eigenvalue weighted by Gasteiger charge is -2.00. The van der Waals surface area contributed by atoms with Crippen LogP contribution < -0.4 is 5.32 Å². The maximum atomic E-state index is 10.3. The standard InChI is InChI=1S/C9H17NO3/c1-8(9(12)13)4-6-10-5-2-3-7-11/h4,10-11H,2-3,5-7H2,1H3,(H,12,13). The molecule has 0 aliphatic heterocycles. The molecule has 0 aromatic carbocycles. The Morgan fingerprint density at radius 1 is 1.46 bits per heavy atom. The lowest BCUT2D eigenvalue weighted by atomic mass is 10.3. The summed E-state index contributed by atoms with van der Waals surface area (Å²) in [6.07, 6.45) is 3.34. The smallest absolute Gasteiger partial charge is 0.330 e. The summed E-state index contributed by atoms with van der Waals surface area (Å²) in [4.78, 5) is 10.3. The van der Waals surface area contributed by atoms with Gasteiger partial charge in [-0.2, -0.15) is 0 Å². The van der Waals surface area contributed by atoms with E-state index in [0.717, 1.165) is 19.4 Å². The molecule has 0 saturated heterocycles. The van der Waals surface area contributed by atoms with Gasteiger partial charge in [0, 0.05) is 18.7 Å². The first-order valence-corrected chi connectivity index (χ1v) is 4.40. The van der Waals surface area contributed by atoms with Crippen LogP contribution in [-0.2, 0) is 4.79 Å². The minimum absolute atomic E-state index is 0.214. The summed E-state index contributed by atoms with van der Waals surface area (Å²) >= 11 is 0. The van der Waals surface area contributed by atoms with Gasteiger partial charge in [0.1, 0.15) is 0 Å². The topological polar surface area (TPSA) is 69.6 Å². The molecule has 3 N–H and O–H groups in total. The molecule has 0 amide bonds. The van der Waals surface area contributed by atoms with Gasteiger partial charge in [-0.05, 0) is 26.3 Å². The monoisotopic (exact) mass is 187 g/mol. The minimum Gasteiger partial charge on any atom is -0.478 e. The van der Waals surface area contributed by atoms with Crippen LogP contribution >= 0.6 is 0 Å². The van der Waals surface area contributed by atoms with Crippen molar-refractivity contribution < 1.29 is 15.0 Å². The molecule has 0 saturated carbocycles. The predicted molar refractivity (Wildman–Crippen MR) is 50.6 cm³/mol. The van der Waals surface area contributed by atoms with E-state index in [-0.39, 0.29) is 6.61 Å². The Morgan fingerprint density at radius 2 is 2.15 bits per heavy atom. The van der Waals surface area contributed by atoms with E-state index in [1.54, 1.807) is 13.0 Å². The Bertz CT molecular complexity index is 178. The van der Waals surface area contributed by atoms with Crippen LogP contribution in [0, 0.1) is 0 Å². The van der Waals surface area contributed by atoms with Crippen molar-refractivity contribution in [2.24, 2.45) is 0 Å². The highest BCUT2D eigenvalue weighted by molar-refractivity contribution is 5.85. The molecular weight excluding hydrogens is 170 g/mol. The lowest BCUT2D eigenvalue weighted by Crippen LogP contribution is -2.16. The first-order chi connectivity index (χ1) is 6.18. The summed E-state index contributed by atoms with van der Waals surface area (Å²) in [5.74, 6) is -0.878. The second-order valence-electron chi connectivity index (χ2n) is 2.83. The molecule has 0 aliphatic carbocycles. The molecule has 0 unspecified atom stereocenters. The van der Waals surface area contributed by atoms with Crippen molar-refractivity contribution in [1.29, 1.82) is 0 Å². The number of aliphatic carboxylic acids is 1. The van der Waals surface area contributed by atoms with Gasteiger partial charge in [-0.3, -0.25) is 0 Å². The zero-order valence-corrected chi connectivity index (χ0v) is 7.92. The highest BCUT2D eigenvalue weighted by Gasteiger charge is 1.96. The number of rotatable bonds is 7. The van der Waals surface area contributed by atoms with Crippen molar-refractivity contribution in [2.75, 3.05) is 19.7 Å². The van der Waals surface area contributed by atoms with Crippen LogP contribution in [0.5, 0.6) is 0 Å². The van der Waals surface area contributed by atoms with E-state index in [1.807, 2.05) is 0 Å². The summed E-state index contributed by atoms with van der Waals surface area (Å²) in [7, 11) is 0. The van der Waals surface area contributed by atoms with Crippen LogP contribution in [0.15, 0.2) is 11.6 Å². The second-order valence-corrected chi connectivity index (χ2v) is 2.83. The van der Waals surface area contributed by atoms with Gasteiger partial charge in [0.15, 0.2) is 0 Å². The minimum atomic E-state index is -0.878. The fourth-order valence-electron chi connectivity index (χ4n) is 0.776. The zero-order valence-electron chi connectivity index (χ0n) is 7.92. The van der Waals surface area contributed by atoms with Gasteiger partial charge in [-0.25, -0.2) is 4.79 Å². The van der Waals surface area contributed by atoms with Gasteiger partial charge in [0.2, 0.25) is 0 Å². The maximum Gasteiger partial charge on any atom is 0.330 e. The number of carbonyl (C=O) groups is 1. The Hall–Kier alpha value is -0.870. The maximum absolute atomic E-state index is 10.3. The molecule has 0 atom stereocenters. The van der Waals surface area contributed by atoms with Crippen LogP contribution in [0.4, 0.5) is 0 Å². The SMILES string of the molecule is CC(=CCNCCCCO)C(=O)O. The third-order valence-electron chi connectivity index (χ3n) is 1.65. The highest BCUT2D eigenvalue weighted by atomic mass is 16.4. The number of hydrogen-bond acceptors (Lipinski definition) is 3. The average molecular weight is 187 g/mol. The first kappa shape index (κ1) is 12.1. The van der Waals surface area contributed by atoms with Gasteiger partial charge in [0.25, 0.3) is 0 Å². The molecule has 0 fully saturated rings. The Balaban J connectivity index is 3.34. The van der Waals surface area contributed by atoms with Gasteiger partial charge in [-0.1, -0.05) is 6.08 Å². The second kappa shape index (κ2) is 7.76. The Morgan fingerprint density at radius 3 is 2.69 bits per heavy atom. The van der Waals surface area contributed by atoms with Gasteiger partial charge >= 0.3 is 5.97 Å². The van der Waals surface area contributed by atoms with Crippen LogP contribution in [0.3, 0.4) is 0 Å². The van der Waals surface area contributed by atoms with Crippen molar-refractivity contribution >= 4 is 5.97 Å². The molecule has 0 radical (unpaired) electrons. The van der Waals surface area contributed by atoms with Crippen LogP contribution in [0.2, 0.25) is 0 Å². The fourth-order valence-corrected chi connectivity index (χ4v) is 0.776. The number of carboxylic acid groups (broad SMARTS) is 1. The number of aliphatic hydroxyl groups excluding tert-OH is 1. The van der Waals surface area contributed by atoms with Crippen molar-refractivity contribution in [3.63, 3.8) is 0 Å². The summed E-state index contributed by atoms with van der Waals surface area (Å²) in [5.41, 5.74) is 0.356. The molecule has 0 aromatic heterocycles. The Kier molecular flexibility index (Phi) is 7.24. The van der Waals surface area contributed by atoms with E-state index < -0.39 is 5.97 Å². The van der Waals surface area contributed by atoms with Gasteiger partial charge < -0.3 is 15.5 Å². The normalized spacial score (nSPS) is 11.7. The van der Waals surface area contributed by atoms with Crippen molar-refractivity contribution in [3.05, 3.63) is 11.6 Å². The summed E-state index contributed by atoms with van der Waals surface area (Å²) in [5, 5.41) is 20.0. The fraction of sp³-hybridized carbons (Fsp3) is 0.667. The van der Waals surface area contributed by atoms with Gasteiger partial charge in [-0.15, -0.1) is 0 Å². The van der Waals surface area contributed by atoms with Crippen molar-refractivity contribution in [3.8, 4) is 0 Å². The molecule has 4 heteroatoms. The highest BCUT2D eigenvalue weighted by Crippen LogP contribution is 1.90. The largest absolute Gasteiger partial charge is 0.478 e. The van der Waals surface area contributed by atoms with E-state index in [4.69, 9.17) is 10.2 Å². The molecule has 0 heterocycles. The third-order valence-corrected chi connectivity index (χ3v) is 1.65. The third kappa shape index (κ3) is 7.49. The molecule has 0 bridgehead atoms.